The molecule has 5 heteroatoms. The number of carbonyl (C=O) groups is 1. The zero-order chi connectivity index (χ0) is 15.3. The number of nitrogens with two attached hydrogens (primary N) is 1. The molecule has 0 bridgehead atoms. The van der Waals surface area contributed by atoms with Crippen LogP contribution in [-0.4, -0.2) is 24.1 Å². The fourth-order valence-corrected chi connectivity index (χ4v) is 3.51. The second kappa shape index (κ2) is 7.18. The van der Waals surface area contributed by atoms with Gasteiger partial charge < -0.3 is 10.5 Å². The van der Waals surface area contributed by atoms with Crippen molar-refractivity contribution in [3.63, 3.8) is 0 Å². The highest BCUT2D eigenvalue weighted by Gasteiger charge is 2.40. The molecule has 1 aromatic heterocycles. The minimum atomic E-state index is -0.652. The molecule has 0 radical (unpaired) electrons. The maximum Gasteiger partial charge on any atom is 0.313 e. The first-order valence-corrected chi connectivity index (χ1v) is 7.96. The molecular weight excluding hydrogens is 272 g/mol. The lowest BCUT2D eigenvalue weighted by molar-refractivity contribution is -0.156. The number of esters is 1. The first kappa shape index (κ1) is 17.1. The average molecular weight is 298 g/mol. The summed E-state index contributed by atoms with van der Waals surface area (Å²) in [6, 6.07) is 0. The zero-order valence-corrected chi connectivity index (χ0v) is 14.0. The molecule has 0 saturated carbocycles. The van der Waals surface area contributed by atoms with Crippen LogP contribution in [0.1, 0.15) is 42.8 Å². The Morgan fingerprint density at radius 3 is 2.50 bits per heavy atom. The molecule has 0 saturated heterocycles. The predicted octanol–water partition coefficient (Wildman–Crippen LogP) is 2.86. The molecule has 1 heterocycles. The van der Waals surface area contributed by atoms with E-state index in [9.17, 15) is 4.79 Å². The summed E-state index contributed by atoms with van der Waals surface area (Å²) in [5.41, 5.74) is 6.34. The number of ether oxygens (including phenoxy) is 1. The number of hydrogen-bond acceptors (Lipinski definition) is 5. The van der Waals surface area contributed by atoms with Gasteiger partial charge in [0.15, 0.2) is 0 Å². The van der Waals surface area contributed by atoms with Gasteiger partial charge >= 0.3 is 5.97 Å². The van der Waals surface area contributed by atoms with E-state index in [4.69, 9.17) is 10.5 Å². The van der Waals surface area contributed by atoms with Crippen LogP contribution in [0.4, 0.5) is 0 Å². The SMILES string of the molecule is CCOC(=O)C(CN)(Cc1nc(C)c(C)s1)CC(C)C. The molecule has 1 atom stereocenters. The van der Waals surface area contributed by atoms with Gasteiger partial charge in [-0.3, -0.25) is 4.79 Å². The third-order valence-corrected chi connectivity index (χ3v) is 4.53. The van der Waals surface area contributed by atoms with Crippen molar-refractivity contribution in [2.75, 3.05) is 13.2 Å². The van der Waals surface area contributed by atoms with Crippen LogP contribution < -0.4 is 5.73 Å². The number of aromatic nitrogens is 1. The van der Waals surface area contributed by atoms with Crippen molar-refractivity contribution in [1.29, 1.82) is 0 Å². The van der Waals surface area contributed by atoms with Crippen LogP contribution in [-0.2, 0) is 16.0 Å². The van der Waals surface area contributed by atoms with Crippen LogP contribution in [0.2, 0.25) is 0 Å². The quantitative estimate of drug-likeness (QED) is 0.786. The standard InChI is InChI=1S/C15H26N2O2S/c1-6-19-14(18)15(9-16,7-10(2)3)8-13-17-11(4)12(5)20-13/h10H,6-9,16H2,1-5H3. The molecule has 0 aromatic carbocycles. The minimum Gasteiger partial charge on any atom is -0.466 e. The molecular formula is C15H26N2O2S. The number of nitrogens with zero attached hydrogens (tertiary/aromatic N) is 1. The smallest absolute Gasteiger partial charge is 0.313 e. The van der Waals surface area contributed by atoms with Crippen molar-refractivity contribution in [1.82, 2.24) is 4.98 Å². The van der Waals surface area contributed by atoms with Crippen LogP contribution in [0.25, 0.3) is 0 Å². The maximum atomic E-state index is 12.4. The number of carbonyl (C=O) groups excluding carboxylic acids is 1. The summed E-state index contributed by atoms with van der Waals surface area (Å²) in [5, 5.41) is 0.971. The van der Waals surface area contributed by atoms with E-state index in [0.29, 0.717) is 25.5 Å². The molecule has 1 aromatic rings. The molecule has 4 nitrogen and oxygen atoms in total. The first-order chi connectivity index (χ1) is 9.34. The van der Waals surface area contributed by atoms with Crippen molar-refractivity contribution in [2.45, 2.75) is 47.5 Å². The minimum absolute atomic E-state index is 0.193. The van der Waals surface area contributed by atoms with Crippen molar-refractivity contribution in [3.8, 4) is 0 Å². The fraction of sp³-hybridized carbons (Fsp3) is 0.733. The number of rotatable bonds is 7. The van der Waals surface area contributed by atoms with Gasteiger partial charge in [-0.05, 0) is 33.1 Å². The maximum absolute atomic E-state index is 12.4. The Morgan fingerprint density at radius 2 is 2.10 bits per heavy atom. The molecule has 2 N–H and O–H groups in total. The average Bonchev–Trinajstić information content (AvgIpc) is 2.66. The van der Waals surface area contributed by atoms with Crippen molar-refractivity contribution >= 4 is 17.3 Å². The van der Waals surface area contributed by atoms with Gasteiger partial charge in [-0.15, -0.1) is 11.3 Å². The van der Waals surface area contributed by atoms with E-state index < -0.39 is 5.41 Å². The van der Waals surface area contributed by atoms with E-state index >= 15 is 0 Å². The van der Waals surface area contributed by atoms with E-state index in [1.54, 1.807) is 11.3 Å². The van der Waals surface area contributed by atoms with Gasteiger partial charge in [0.2, 0.25) is 0 Å². The molecule has 0 amide bonds. The molecule has 1 rings (SSSR count). The highest BCUT2D eigenvalue weighted by Crippen LogP contribution is 2.33. The number of thiazole rings is 1. The topological polar surface area (TPSA) is 65.2 Å². The third-order valence-electron chi connectivity index (χ3n) is 3.46. The number of aryl methyl sites for hydroxylation is 2. The Morgan fingerprint density at radius 1 is 1.45 bits per heavy atom. The molecule has 0 fully saturated rings. The highest BCUT2D eigenvalue weighted by molar-refractivity contribution is 7.11. The summed E-state index contributed by atoms with van der Waals surface area (Å²) in [5.74, 6) is 0.187. The van der Waals surface area contributed by atoms with E-state index in [-0.39, 0.29) is 5.97 Å². The van der Waals surface area contributed by atoms with Crippen LogP contribution in [0, 0.1) is 25.2 Å². The van der Waals surface area contributed by atoms with Gasteiger partial charge in [0.1, 0.15) is 0 Å². The molecule has 0 aliphatic heterocycles. The lowest BCUT2D eigenvalue weighted by Crippen LogP contribution is -2.43. The third kappa shape index (κ3) is 4.03. The van der Waals surface area contributed by atoms with Crippen LogP contribution in [0.15, 0.2) is 0 Å². The summed E-state index contributed by atoms with van der Waals surface area (Å²) in [4.78, 5) is 18.1. The molecule has 0 aliphatic carbocycles. The number of hydrogen-bond donors (Lipinski definition) is 1. The Labute approximate surface area is 125 Å². The van der Waals surface area contributed by atoms with Gasteiger partial charge in [0, 0.05) is 17.8 Å². The monoisotopic (exact) mass is 298 g/mol. The Balaban J connectivity index is 3.04. The summed E-state index contributed by atoms with van der Waals surface area (Å²) >= 11 is 1.64. The van der Waals surface area contributed by atoms with E-state index in [1.165, 1.54) is 4.88 Å². The lowest BCUT2D eigenvalue weighted by Gasteiger charge is -2.31. The Bertz CT molecular complexity index is 437. The second-order valence-corrected chi connectivity index (χ2v) is 7.02. The highest BCUT2D eigenvalue weighted by atomic mass is 32.1. The first-order valence-electron chi connectivity index (χ1n) is 7.14. The van der Waals surface area contributed by atoms with Crippen LogP contribution in [0.3, 0.4) is 0 Å². The van der Waals surface area contributed by atoms with Crippen LogP contribution in [0.5, 0.6) is 0 Å². The molecule has 0 spiro atoms. The van der Waals surface area contributed by atoms with Gasteiger partial charge in [-0.2, -0.15) is 0 Å². The van der Waals surface area contributed by atoms with Gasteiger partial charge in [-0.1, -0.05) is 13.8 Å². The van der Waals surface area contributed by atoms with Gasteiger partial charge in [-0.25, -0.2) is 4.98 Å². The lowest BCUT2D eigenvalue weighted by atomic mass is 9.77. The zero-order valence-electron chi connectivity index (χ0n) is 13.2. The Hall–Kier alpha value is -0.940. The van der Waals surface area contributed by atoms with Crippen LogP contribution >= 0.6 is 11.3 Å². The molecule has 20 heavy (non-hydrogen) atoms. The normalized spacial score (nSPS) is 14.3. The predicted molar refractivity (Wildman–Crippen MR) is 82.9 cm³/mol. The van der Waals surface area contributed by atoms with E-state index in [1.807, 2.05) is 20.8 Å². The molecule has 0 aliphatic rings. The van der Waals surface area contributed by atoms with Crippen molar-refractivity contribution in [3.05, 3.63) is 15.6 Å². The summed E-state index contributed by atoms with van der Waals surface area (Å²) in [6.07, 6.45) is 1.29. The van der Waals surface area contributed by atoms with Gasteiger partial charge in [0.05, 0.1) is 22.7 Å². The van der Waals surface area contributed by atoms with Crippen molar-refractivity contribution in [2.24, 2.45) is 17.1 Å². The Kier molecular flexibility index (Phi) is 6.14. The fourth-order valence-electron chi connectivity index (χ4n) is 2.44. The molecule has 1 unspecified atom stereocenters. The summed E-state index contributed by atoms with van der Waals surface area (Å²) in [6.45, 7) is 10.7. The summed E-state index contributed by atoms with van der Waals surface area (Å²) in [7, 11) is 0. The molecule has 114 valence electrons. The van der Waals surface area contributed by atoms with E-state index in [2.05, 4.69) is 18.8 Å². The van der Waals surface area contributed by atoms with E-state index in [0.717, 1.165) is 17.1 Å². The van der Waals surface area contributed by atoms with Crippen molar-refractivity contribution < 1.29 is 9.53 Å². The largest absolute Gasteiger partial charge is 0.466 e. The summed E-state index contributed by atoms with van der Waals surface area (Å²) < 4.78 is 5.27. The van der Waals surface area contributed by atoms with Gasteiger partial charge in [0.25, 0.3) is 0 Å². The second-order valence-electron chi connectivity index (χ2n) is 5.73.